The minimum atomic E-state index is -0.447. The molecule has 0 radical (unpaired) electrons. The van der Waals surface area contributed by atoms with Crippen molar-refractivity contribution in [3.05, 3.63) is 59.7 Å². The maximum absolute atomic E-state index is 12.3. The molecule has 0 atom stereocenters. The average molecular weight is 709 g/mol. The Morgan fingerprint density at radius 3 is 1.40 bits per heavy atom. The Morgan fingerprint density at radius 2 is 1.04 bits per heavy atom. The molecule has 0 aliphatic carbocycles. The number of rotatable bonds is 12. The van der Waals surface area contributed by atoms with Crippen LogP contribution in [0.5, 0.6) is 11.5 Å². The molecule has 0 saturated carbocycles. The fourth-order valence-corrected chi connectivity index (χ4v) is 5.95. The molecule has 0 fully saturated rings. The summed E-state index contributed by atoms with van der Waals surface area (Å²) < 4.78 is 11.7. The molecule has 3 aromatic rings. The van der Waals surface area contributed by atoms with Gasteiger partial charge in [0.2, 0.25) is 11.8 Å². The lowest BCUT2D eigenvalue weighted by atomic mass is 10.2. The van der Waals surface area contributed by atoms with Gasteiger partial charge in [-0.1, -0.05) is 34.9 Å². The van der Waals surface area contributed by atoms with Gasteiger partial charge in [0.1, 0.15) is 11.5 Å². The molecule has 0 unspecified atom stereocenters. The molecule has 2 aromatic carbocycles. The smallest absolute Gasteiger partial charge is 0.257 e. The van der Waals surface area contributed by atoms with Crippen LogP contribution in [0, 0.1) is 0 Å². The minimum absolute atomic E-state index is 0.00795. The molecule has 0 aliphatic rings. The predicted molar refractivity (Wildman–Crippen MR) is 179 cm³/mol. The Balaban J connectivity index is 1.29. The zero-order chi connectivity index (χ0) is 32.6. The number of carbonyl (C=O) groups excluding carboxylic acids is 4. The fourth-order valence-electron chi connectivity index (χ4n) is 3.04. The van der Waals surface area contributed by atoms with Crippen molar-refractivity contribution in [2.24, 2.45) is 0 Å². The van der Waals surface area contributed by atoms with E-state index in [2.05, 4.69) is 42.5 Å². The second-order valence-electron chi connectivity index (χ2n) is 8.24. The van der Waals surface area contributed by atoms with Gasteiger partial charge in [-0.05, 0) is 86.8 Å². The summed E-state index contributed by atoms with van der Waals surface area (Å²) >= 11 is 13.6. The molecule has 1 heterocycles. The number of ether oxygens (including phenoxy) is 2. The van der Waals surface area contributed by atoms with Crippen LogP contribution in [0.1, 0.15) is 34.6 Å². The Bertz CT molecular complexity index is 1390. The third kappa shape index (κ3) is 12.8. The van der Waals surface area contributed by atoms with Gasteiger partial charge in [0.05, 0.1) is 24.7 Å². The molecule has 0 spiro atoms. The number of nitrogens with zero attached hydrogens (tertiary/aromatic N) is 2. The highest BCUT2D eigenvalue weighted by Crippen LogP contribution is 2.28. The van der Waals surface area contributed by atoms with E-state index in [-0.39, 0.29) is 21.7 Å². The normalized spacial score (nSPS) is 10.2. The Morgan fingerprint density at radius 1 is 0.667 bits per heavy atom. The lowest BCUT2D eigenvalue weighted by Crippen LogP contribution is -2.49. The number of nitrogens with one attached hydrogen (secondary N) is 6. The summed E-state index contributed by atoms with van der Waals surface area (Å²) in [5, 5.41) is 12.8. The Hall–Kier alpha value is -4.04. The van der Waals surface area contributed by atoms with Crippen molar-refractivity contribution in [3.63, 3.8) is 0 Å². The summed E-state index contributed by atoms with van der Waals surface area (Å²) in [4.78, 5) is 48.9. The van der Waals surface area contributed by atoms with Crippen molar-refractivity contribution < 1.29 is 28.7 Å². The summed E-state index contributed by atoms with van der Waals surface area (Å²) in [6, 6.07) is 13.1. The standard InChI is InChI=1S/C26H28N8O6S5/c1-3-39-17-9-5-15(6-10-17)21(37)27-23(41)31-29-19(35)13-43-25-33-34-26(45-25)44-14-20(36)30-32-24(42)28-22(38)16-7-11-18(12-8-16)40-4-2/h5-12H,3-4,13-14H2,1-2H3,(H,29,35)(H,30,36)(H2,27,31,37,41)(H2,28,32,38,42). The van der Waals surface area contributed by atoms with E-state index in [4.69, 9.17) is 33.9 Å². The predicted octanol–water partition coefficient (Wildman–Crippen LogP) is 2.19. The van der Waals surface area contributed by atoms with Gasteiger partial charge in [-0.3, -0.25) is 51.5 Å². The maximum Gasteiger partial charge on any atom is 0.257 e. The van der Waals surface area contributed by atoms with E-state index in [1.807, 2.05) is 13.8 Å². The third-order valence-corrected chi connectivity index (χ3v) is 8.58. The van der Waals surface area contributed by atoms with Crippen molar-refractivity contribution >= 4 is 93.1 Å². The van der Waals surface area contributed by atoms with Crippen LogP contribution < -0.4 is 41.8 Å². The van der Waals surface area contributed by atoms with Gasteiger partial charge in [-0.2, -0.15) is 0 Å². The summed E-state index contributed by atoms with van der Waals surface area (Å²) in [7, 11) is 0. The third-order valence-electron chi connectivity index (χ3n) is 4.98. The molecule has 45 heavy (non-hydrogen) atoms. The lowest BCUT2D eigenvalue weighted by Gasteiger charge is -2.11. The number of hydrazine groups is 2. The van der Waals surface area contributed by atoms with E-state index in [0.717, 1.165) is 23.5 Å². The number of benzene rings is 2. The molecule has 0 aliphatic heterocycles. The van der Waals surface area contributed by atoms with E-state index in [1.165, 1.54) is 11.3 Å². The van der Waals surface area contributed by atoms with Crippen LogP contribution in [0.15, 0.2) is 57.2 Å². The van der Waals surface area contributed by atoms with E-state index < -0.39 is 23.6 Å². The summed E-state index contributed by atoms with van der Waals surface area (Å²) in [5.74, 6) is -0.461. The number of hydrogen-bond donors (Lipinski definition) is 6. The van der Waals surface area contributed by atoms with Gasteiger partial charge in [-0.25, -0.2) is 0 Å². The molecule has 238 valence electrons. The first-order valence-electron chi connectivity index (χ1n) is 13.0. The topological polar surface area (TPSA) is 185 Å². The molecule has 0 bridgehead atoms. The highest BCUT2D eigenvalue weighted by atomic mass is 32.2. The van der Waals surface area contributed by atoms with Crippen LogP contribution in [-0.4, -0.2) is 68.8 Å². The maximum atomic E-state index is 12.3. The summed E-state index contributed by atoms with van der Waals surface area (Å²) in [6.07, 6.45) is 0. The number of thioether (sulfide) groups is 2. The first kappa shape index (κ1) is 35.4. The fraction of sp³-hybridized carbons (Fsp3) is 0.231. The first-order valence-corrected chi connectivity index (χ1v) is 16.6. The Labute approximate surface area is 281 Å². The molecule has 19 heteroatoms. The number of hydrogen-bond acceptors (Lipinski definition) is 13. The number of thiocarbonyl (C=S) groups is 2. The second kappa shape index (κ2) is 18.7. The summed E-state index contributed by atoms with van der Waals surface area (Å²) in [5.41, 5.74) is 10.5. The van der Waals surface area contributed by atoms with Crippen molar-refractivity contribution in [1.82, 2.24) is 42.5 Å². The minimum Gasteiger partial charge on any atom is -0.494 e. The van der Waals surface area contributed by atoms with Gasteiger partial charge in [0, 0.05) is 11.1 Å². The highest BCUT2D eigenvalue weighted by molar-refractivity contribution is 8.03. The van der Waals surface area contributed by atoms with E-state index in [9.17, 15) is 19.2 Å². The van der Waals surface area contributed by atoms with Crippen LogP contribution in [0.2, 0.25) is 0 Å². The molecule has 1 aromatic heterocycles. The van der Waals surface area contributed by atoms with E-state index in [0.29, 0.717) is 44.5 Å². The van der Waals surface area contributed by atoms with E-state index in [1.54, 1.807) is 48.5 Å². The van der Waals surface area contributed by atoms with Crippen LogP contribution in [-0.2, 0) is 9.59 Å². The lowest BCUT2D eigenvalue weighted by molar-refractivity contribution is -0.119. The average Bonchev–Trinajstić information content (AvgIpc) is 3.49. The molecule has 6 N–H and O–H groups in total. The first-order chi connectivity index (χ1) is 21.7. The van der Waals surface area contributed by atoms with Crippen molar-refractivity contribution in [1.29, 1.82) is 0 Å². The van der Waals surface area contributed by atoms with Crippen LogP contribution in [0.25, 0.3) is 0 Å². The summed E-state index contributed by atoms with van der Waals surface area (Å²) in [6.45, 7) is 4.75. The van der Waals surface area contributed by atoms with Gasteiger partial charge in [0.15, 0.2) is 18.9 Å². The molecular weight excluding hydrogens is 681 g/mol. The van der Waals surface area contributed by atoms with Crippen molar-refractivity contribution in [2.45, 2.75) is 22.5 Å². The molecular formula is C26H28N8O6S5. The quantitative estimate of drug-likeness (QED) is 0.0914. The molecule has 14 nitrogen and oxygen atoms in total. The zero-order valence-electron chi connectivity index (χ0n) is 23.8. The number of carbonyl (C=O) groups is 4. The molecule has 3 rings (SSSR count). The number of aromatic nitrogens is 2. The second-order valence-corrected chi connectivity index (χ2v) is 12.5. The molecule has 4 amide bonds. The van der Waals surface area contributed by atoms with Crippen LogP contribution in [0.3, 0.4) is 0 Å². The van der Waals surface area contributed by atoms with Gasteiger partial charge >= 0.3 is 0 Å². The highest BCUT2D eigenvalue weighted by Gasteiger charge is 2.13. The largest absolute Gasteiger partial charge is 0.494 e. The number of amides is 4. The van der Waals surface area contributed by atoms with Gasteiger partial charge in [0.25, 0.3) is 11.8 Å². The van der Waals surface area contributed by atoms with Crippen LogP contribution >= 0.6 is 59.3 Å². The van der Waals surface area contributed by atoms with Gasteiger partial charge in [-0.15, -0.1) is 10.2 Å². The SMILES string of the molecule is CCOc1ccc(C(=O)NC(=S)NNC(=O)CSc2nnc(SCC(=O)NNC(=S)NC(=O)c3ccc(OCC)cc3)s2)cc1. The Kier molecular flexibility index (Phi) is 14.7. The van der Waals surface area contributed by atoms with Crippen molar-refractivity contribution in [2.75, 3.05) is 24.7 Å². The molecule has 0 saturated heterocycles. The van der Waals surface area contributed by atoms with Gasteiger partial charge < -0.3 is 9.47 Å². The van der Waals surface area contributed by atoms with Crippen molar-refractivity contribution in [3.8, 4) is 11.5 Å². The van der Waals surface area contributed by atoms with E-state index >= 15 is 0 Å². The van der Waals surface area contributed by atoms with Crippen LogP contribution in [0.4, 0.5) is 0 Å². The monoisotopic (exact) mass is 708 g/mol. The zero-order valence-corrected chi connectivity index (χ0v) is 27.9.